The Balaban J connectivity index is 2.41. The van der Waals surface area contributed by atoms with Crippen molar-refractivity contribution in [3.05, 3.63) is 22.4 Å². The van der Waals surface area contributed by atoms with E-state index in [0.29, 0.717) is 18.4 Å². The predicted octanol–water partition coefficient (Wildman–Crippen LogP) is 2.81. The van der Waals surface area contributed by atoms with Gasteiger partial charge >= 0.3 is 0 Å². The average molecular weight is 268 g/mol. The van der Waals surface area contributed by atoms with E-state index in [0.717, 1.165) is 6.54 Å². The van der Waals surface area contributed by atoms with E-state index in [1.54, 1.807) is 11.3 Å². The molecule has 0 saturated carbocycles. The van der Waals surface area contributed by atoms with E-state index >= 15 is 0 Å². The molecule has 0 aliphatic carbocycles. The lowest BCUT2D eigenvalue weighted by molar-refractivity contribution is -0.120. The first-order valence-electron chi connectivity index (χ1n) is 6.54. The molecule has 0 radical (unpaired) electrons. The fraction of sp³-hybridized carbons (Fsp3) is 0.643. The zero-order chi connectivity index (χ0) is 13.5. The van der Waals surface area contributed by atoms with Crippen LogP contribution in [0.3, 0.4) is 0 Å². The molecule has 1 aromatic rings. The molecule has 102 valence electrons. The van der Waals surface area contributed by atoms with E-state index < -0.39 is 0 Å². The van der Waals surface area contributed by atoms with Gasteiger partial charge in [-0.05, 0) is 23.3 Å². The second kappa shape index (κ2) is 7.54. The molecule has 0 aromatic carbocycles. The summed E-state index contributed by atoms with van der Waals surface area (Å²) in [6.45, 7) is 9.65. The van der Waals surface area contributed by atoms with Crippen LogP contribution in [0, 0.1) is 11.8 Å². The summed E-state index contributed by atoms with van der Waals surface area (Å²) in [4.78, 5) is 13.0. The zero-order valence-corrected chi connectivity index (χ0v) is 12.5. The fourth-order valence-corrected chi connectivity index (χ4v) is 2.69. The number of thiophene rings is 1. The van der Waals surface area contributed by atoms with Crippen LogP contribution >= 0.6 is 11.3 Å². The minimum atomic E-state index is 0.0749. The van der Waals surface area contributed by atoms with Crippen molar-refractivity contribution in [3.8, 4) is 0 Å². The predicted molar refractivity (Wildman–Crippen MR) is 77.7 cm³/mol. The lowest BCUT2D eigenvalue weighted by Gasteiger charge is -2.21. The van der Waals surface area contributed by atoms with E-state index in [2.05, 4.69) is 55.8 Å². The molecule has 4 heteroatoms. The molecule has 1 unspecified atom stereocenters. The van der Waals surface area contributed by atoms with Gasteiger partial charge in [0.05, 0.1) is 6.54 Å². The van der Waals surface area contributed by atoms with Crippen LogP contribution in [0.25, 0.3) is 0 Å². The highest BCUT2D eigenvalue weighted by molar-refractivity contribution is 7.10. The van der Waals surface area contributed by atoms with Crippen molar-refractivity contribution in [1.82, 2.24) is 10.6 Å². The van der Waals surface area contributed by atoms with Gasteiger partial charge in [-0.2, -0.15) is 0 Å². The van der Waals surface area contributed by atoms with Crippen molar-refractivity contribution in [2.24, 2.45) is 11.8 Å². The largest absolute Gasteiger partial charge is 0.355 e. The van der Waals surface area contributed by atoms with Gasteiger partial charge in [-0.1, -0.05) is 33.8 Å². The smallest absolute Gasteiger partial charge is 0.233 e. The Kier molecular flexibility index (Phi) is 6.36. The van der Waals surface area contributed by atoms with Gasteiger partial charge in [0.1, 0.15) is 0 Å². The van der Waals surface area contributed by atoms with E-state index in [1.807, 2.05) is 0 Å². The van der Waals surface area contributed by atoms with Crippen molar-refractivity contribution in [3.63, 3.8) is 0 Å². The van der Waals surface area contributed by atoms with Crippen LogP contribution in [0.1, 0.15) is 38.6 Å². The summed E-state index contributed by atoms with van der Waals surface area (Å²) in [6, 6.07) is 4.43. The molecule has 0 aliphatic heterocycles. The van der Waals surface area contributed by atoms with Gasteiger partial charge in [-0.25, -0.2) is 0 Å². The molecule has 1 amide bonds. The van der Waals surface area contributed by atoms with Crippen molar-refractivity contribution >= 4 is 17.2 Å². The quantitative estimate of drug-likeness (QED) is 0.798. The molecular formula is C14H24N2OS. The third kappa shape index (κ3) is 5.19. The van der Waals surface area contributed by atoms with E-state index in [-0.39, 0.29) is 11.9 Å². The third-order valence-corrected chi connectivity index (χ3v) is 3.66. The number of hydrogen-bond donors (Lipinski definition) is 2. The first-order chi connectivity index (χ1) is 8.50. The first kappa shape index (κ1) is 15.2. The Morgan fingerprint density at radius 2 is 2.06 bits per heavy atom. The van der Waals surface area contributed by atoms with Crippen LogP contribution in [0.15, 0.2) is 17.5 Å². The molecule has 0 spiro atoms. The molecular weight excluding hydrogens is 244 g/mol. The second-order valence-corrected chi connectivity index (χ2v) is 6.30. The summed E-state index contributed by atoms with van der Waals surface area (Å²) in [5.74, 6) is 1.04. The van der Waals surface area contributed by atoms with Crippen LogP contribution in [0.4, 0.5) is 0 Å². The van der Waals surface area contributed by atoms with Gasteiger partial charge in [0.15, 0.2) is 0 Å². The third-order valence-electron chi connectivity index (χ3n) is 2.71. The molecule has 2 N–H and O–H groups in total. The monoisotopic (exact) mass is 268 g/mol. The highest BCUT2D eigenvalue weighted by atomic mass is 32.1. The number of carbonyl (C=O) groups excluding carboxylic acids is 1. The van der Waals surface area contributed by atoms with Gasteiger partial charge in [-0.3, -0.25) is 4.79 Å². The maximum Gasteiger partial charge on any atom is 0.233 e. The highest BCUT2D eigenvalue weighted by Crippen LogP contribution is 2.25. The molecule has 0 saturated heterocycles. The Labute approximate surface area is 114 Å². The Bertz CT molecular complexity index is 347. The number of nitrogens with one attached hydrogen (secondary N) is 2. The van der Waals surface area contributed by atoms with E-state index in [4.69, 9.17) is 0 Å². The molecule has 18 heavy (non-hydrogen) atoms. The van der Waals surface area contributed by atoms with Crippen molar-refractivity contribution < 1.29 is 4.79 Å². The number of rotatable bonds is 7. The Morgan fingerprint density at radius 1 is 1.33 bits per heavy atom. The van der Waals surface area contributed by atoms with Gasteiger partial charge in [0.25, 0.3) is 0 Å². The van der Waals surface area contributed by atoms with Crippen LogP contribution in [0.5, 0.6) is 0 Å². The molecule has 1 rings (SSSR count). The van der Waals surface area contributed by atoms with Crippen LogP contribution in [-0.2, 0) is 4.79 Å². The van der Waals surface area contributed by atoms with Gasteiger partial charge in [-0.15, -0.1) is 11.3 Å². The number of amides is 1. The lowest BCUT2D eigenvalue weighted by Crippen LogP contribution is -2.38. The minimum absolute atomic E-state index is 0.0749. The van der Waals surface area contributed by atoms with Crippen molar-refractivity contribution in [2.75, 3.05) is 13.1 Å². The van der Waals surface area contributed by atoms with Crippen LogP contribution in [-0.4, -0.2) is 19.0 Å². The lowest BCUT2D eigenvalue weighted by atomic mass is 10.0. The number of carbonyl (C=O) groups is 1. The summed E-state index contributed by atoms with van der Waals surface area (Å²) >= 11 is 1.74. The minimum Gasteiger partial charge on any atom is -0.355 e. The number of hydrogen-bond acceptors (Lipinski definition) is 3. The van der Waals surface area contributed by atoms with Crippen LogP contribution in [0.2, 0.25) is 0 Å². The Morgan fingerprint density at radius 3 is 2.56 bits per heavy atom. The summed E-state index contributed by atoms with van der Waals surface area (Å²) in [5, 5.41) is 8.34. The topological polar surface area (TPSA) is 41.1 Å². The van der Waals surface area contributed by atoms with Gasteiger partial charge in [0.2, 0.25) is 5.91 Å². The van der Waals surface area contributed by atoms with Gasteiger partial charge in [0, 0.05) is 17.5 Å². The maximum absolute atomic E-state index is 11.7. The van der Waals surface area contributed by atoms with Gasteiger partial charge < -0.3 is 10.6 Å². The average Bonchev–Trinajstić information content (AvgIpc) is 2.79. The van der Waals surface area contributed by atoms with Crippen LogP contribution < -0.4 is 10.6 Å². The Hall–Kier alpha value is -0.870. The molecule has 0 bridgehead atoms. The molecule has 1 heterocycles. The summed E-state index contributed by atoms with van der Waals surface area (Å²) in [7, 11) is 0. The SMILES string of the molecule is CC(C)CNC(=O)CNC(c1cccs1)C(C)C. The fourth-order valence-electron chi connectivity index (χ4n) is 1.72. The molecule has 1 aromatic heterocycles. The molecule has 1 atom stereocenters. The first-order valence-corrected chi connectivity index (χ1v) is 7.42. The van der Waals surface area contributed by atoms with E-state index in [9.17, 15) is 4.79 Å². The molecule has 0 aliphatic rings. The second-order valence-electron chi connectivity index (χ2n) is 5.32. The summed E-state index contributed by atoms with van der Waals surface area (Å²) in [5.41, 5.74) is 0. The van der Waals surface area contributed by atoms with Crippen molar-refractivity contribution in [2.45, 2.75) is 33.7 Å². The molecule has 0 fully saturated rings. The highest BCUT2D eigenvalue weighted by Gasteiger charge is 2.17. The summed E-state index contributed by atoms with van der Waals surface area (Å²) < 4.78 is 0. The molecule has 3 nitrogen and oxygen atoms in total. The maximum atomic E-state index is 11.7. The van der Waals surface area contributed by atoms with E-state index in [1.165, 1.54) is 4.88 Å². The summed E-state index contributed by atoms with van der Waals surface area (Å²) in [6.07, 6.45) is 0. The standard InChI is InChI=1S/C14H24N2OS/c1-10(2)8-15-13(17)9-16-14(11(3)4)12-6-5-7-18-12/h5-7,10-11,14,16H,8-9H2,1-4H3,(H,15,17). The zero-order valence-electron chi connectivity index (χ0n) is 11.7. The normalized spacial score (nSPS) is 13.0. The van der Waals surface area contributed by atoms with Crippen molar-refractivity contribution in [1.29, 1.82) is 0 Å².